The number of aliphatic hydroxyl groups excluding tert-OH is 2. The van der Waals surface area contributed by atoms with Gasteiger partial charge in [0.1, 0.15) is 12.7 Å². The molecule has 0 fully saturated rings. The molecule has 0 unspecified atom stereocenters. The Hall–Kier alpha value is -0.610. The van der Waals surface area contributed by atoms with Gasteiger partial charge in [0, 0.05) is 0 Å². The van der Waals surface area contributed by atoms with E-state index in [9.17, 15) is 4.79 Å². The normalized spacial score (nSPS) is 14.1. The first-order valence-corrected chi connectivity index (χ1v) is 8.93. The van der Waals surface area contributed by atoms with Crippen molar-refractivity contribution in [3.63, 3.8) is 0 Å². The van der Waals surface area contributed by atoms with E-state index in [0.717, 1.165) is 18.8 Å². The summed E-state index contributed by atoms with van der Waals surface area (Å²) in [6.45, 7) is 5.92. The van der Waals surface area contributed by atoms with Crippen molar-refractivity contribution in [1.82, 2.24) is 0 Å². The maximum atomic E-state index is 11.6. The van der Waals surface area contributed by atoms with Gasteiger partial charge < -0.3 is 14.9 Å². The van der Waals surface area contributed by atoms with Gasteiger partial charge in [0.15, 0.2) is 0 Å². The Balaban J connectivity index is 3.41. The summed E-state index contributed by atoms with van der Waals surface area (Å²) in [5.41, 5.74) is 0. The summed E-state index contributed by atoms with van der Waals surface area (Å²) >= 11 is 0. The van der Waals surface area contributed by atoms with Crippen LogP contribution in [0.1, 0.15) is 78.6 Å². The smallest absolute Gasteiger partial charge is 0.308 e. The molecule has 0 bridgehead atoms. The number of unbranched alkanes of at least 4 members (excludes halogenated alkanes) is 6. The number of hydrogen-bond donors (Lipinski definition) is 2. The molecule has 0 aliphatic rings. The van der Waals surface area contributed by atoms with E-state index in [2.05, 4.69) is 13.8 Å². The number of esters is 1. The summed E-state index contributed by atoms with van der Waals surface area (Å²) in [4.78, 5) is 11.6. The highest BCUT2D eigenvalue weighted by Gasteiger charge is 2.15. The number of carbonyl (C=O) groups excluding carboxylic acids is 1. The Morgan fingerprint density at radius 1 is 0.909 bits per heavy atom. The minimum absolute atomic E-state index is 0.115. The molecule has 2 N–H and O–H groups in total. The molecule has 0 amide bonds. The molecule has 0 saturated carbocycles. The number of rotatable bonds is 14. The molecule has 0 heterocycles. The zero-order valence-corrected chi connectivity index (χ0v) is 14.7. The highest BCUT2D eigenvalue weighted by Crippen LogP contribution is 2.15. The van der Waals surface area contributed by atoms with Gasteiger partial charge in [-0.2, -0.15) is 0 Å². The molecular formula is C18H36O4. The van der Waals surface area contributed by atoms with Crippen LogP contribution in [0.15, 0.2) is 0 Å². The number of aliphatic hydroxyl groups is 2. The molecule has 0 aliphatic carbocycles. The summed E-state index contributed by atoms with van der Waals surface area (Å²) in [5, 5.41) is 17.8. The molecule has 4 heteroatoms. The van der Waals surface area contributed by atoms with Crippen molar-refractivity contribution >= 4 is 5.97 Å². The van der Waals surface area contributed by atoms with Crippen molar-refractivity contribution in [2.45, 2.75) is 84.7 Å². The van der Waals surface area contributed by atoms with Gasteiger partial charge in [-0.3, -0.25) is 4.79 Å². The first kappa shape index (κ1) is 21.4. The van der Waals surface area contributed by atoms with Crippen molar-refractivity contribution in [3.05, 3.63) is 0 Å². The lowest BCUT2D eigenvalue weighted by atomic mass is 10.0. The Bertz CT molecular complexity index is 266. The van der Waals surface area contributed by atoms with Gasteiger partial charge in [0.25, 0.3) is 0 Å². The van der Waals surface area contributed by atoms with Crippen LogP contribution in [0.25, 0.3) is 0 Å². The minimum Gasteiger partial charge on any atom is -0.463 e. The van der Waals surface area contributed by atoms with Crippen molar-refractivity contribution in [3.8, 4) is 0 Å². The van der Waals surface area contributed by atoms with Crippen LogP contribution in [0.5, 0.6) is 0 Å². The third kappa shape index (κ3) is 13.1. The van der Waals surface area contributed by atoms with Gasteiger partial charge in [-0.15, -0.1) is 0 Å². The molecule has 0 radical (unpaired) electrons. The summed E-state index contributed by atoms with van der Waals surface area (Å²) < 4.78 is 4.95. The van der Waals surface area contributed by atoms with Gasteiger partial charge in [-0.1, -0.05) is 72.1 Å². The van der Waals surface area contributed by atoms with Crippen LogP contribution in [0.2, 0.25) is 0 Å². The second-order valence-corrected chi connectivity index (χ2v) is 6.81. The SMILES string of the molecule is CC(C)CCCCCCCCC[C@H](C)C(=O)OC[C@@H](O)CO. The Morgan fingerprint density at radius 3 is 1.91 bits per heavy atom. The second-order valence-electron chi connectivity index (χ2n) is 6.81. The summed E-state index contributed by atoms with van der Waals surface area (Å²) in [7, 11) is 0. The number of ether oxygens (including phenoxy) is 1. The maximum Gasteiger partial charge on any atom is 0.308 e. The van der Waals surface area contributed by atoms with E-state index in [4.69, 9.17) is 14.9 Å². The molecular weight excluding hydrogens is 280 g/mol. The standard InChI is InChI=1S/C18H36O4/c1-15(2)11-9-7-5-4-6-8-10-12-16(3)18(21)22-14-17(20)13-19/h15-17,19-20H,4-14H2,1-3H3/t16-,17-/m0/s1. The van der Waals surface area contributed by atoms with E-state index < -0.39 is 6.10 Å². The lowest BCUT2D eigenvalue weighted by Crippen LogP contribution is -2.24. The predicted octanol–water partition coefficient (Wildman–Crippen LogP) is 3.69. The fraction of sp³-hybridized carbons (Fsp3) is 0.944. The molecule has 22 heavy (non-hydrogen) atoms. The zero-order valence-electron chi connectivity index (χ0n) is 14.7. The lowest BCUT2D eigenvalue weighted by molar-refractivity contribution is -0.151. The average molecular weight is 316 g/mol. The van der Waals surface area contributed by atoms with Crippen LogP contribution in [0.3, 0.4) is 0 Å². The van der Waals surface area contributed by atoms with Crippen LogP contribution >= 0.6 is 0 Å². The van der Waals surface area contributed by atoms with Crippen molar-refractivity contribution in [1.29, 1.82) is 0 Å². The van der Waals surface area contributed by atoms with Crippen molar-refractivity contribution in [2.75, 3.05) is 13.2 Å². The molecule has 132 valence electrons. The fourth-order valence-electron chi connectivity index (χ4n) is 2.38. The van der Waals surface area contributed by atoms with E-state index in [1.165, 1.54) is 44.9 Å². The number of carbonyl (C=O) groups is 1. The van der Waals surface area contributed by atoms with Crippen molar-refractivity contribution < 1.29 is 19.7 Å². The van der Waals surface area contributed by atoms with E-state index in [1.54, 1.807) is 0 Å². The Kier molecular flexibility index (Phi) is 13.6. The van der Waals surface area contributed by atoms with Gasteiger partial charge in [-0.25, -0.2) is 0 Å². The maximum absolute atomic E-state index is 11.6. The quantitative estimate of drug-likeness (QED) is 0.379. The molecule has 0 aromatic carbocycles. The number of hydrogen-bond acceptors (Lipinski definition) is 4. The molecule has 4 nitrogen and oxygen atoms in total. The third-order valence-corrected chi connectivity index (χ3v) is 3.95. The molecule has 0 aromatic rings. The molecule has 0 rings (SSSR count). The summed E-state index contributed by atoms with van der Waals surface area (Å²) in [5.74, 6) is 0.415. The third-order valence-electron chi connectivity index (χ3n) is 3.95. The van der Waals surface area contributed by atoms with Crippen LogP contribution in [0.4, 0.5) is 0 Å². The summed E-state index contributed by atoms with van der Waals surface area (Å²) in [6, 6.07) is 0. The largest absolute Gasteiger partial charge is 0.463 e. The molecule has 0 spiro atoms. The second kappa shape index (κ2) is 14.0. The zero-order chi connectivity index (χ0) is 16.8. The van der Waals surface area contributed by atoms with E-state index >= 15 is 0 Å². The van der Waals surface area contributed by atoms with Gasteiger partial charge >= 0.3 is 5.97 Å². The molecule has 0 aliphatic heterocycles. The Morgan fingerprint density at radius 2 is 1.41 bits per heavy atom. The van der Waals surface area contributed by atoms with Crippen LogP contribution in [0, 0.1) is 11.8 Å². The summed E-state index contributed by atoms with van der Waals surface area (Å²) in [6.07, 6.45) is 9.97. The monoisotopic (exact) mass is 316 g/mol. The van der Waals surface area contributed by atoms with Gasteiger partial charge in [0.2, 0.25) is 0 Å². The highest BCUT2D eigenvalue weighted by atomic mass is 16.5. The fourth-order valence-corrected chi connectivity index (χ4v) is 2.38. The first-order valence-electron chi connectivity index (χ1n) is 8.93. The molecule has 2 atom stereocenters. The predicted molar refractivity (Wildman–Crippen MR) is 89.6 cm³/mol. The van der Waals surface area contributed by atoms with Gasteiger partial charge in [-0.05, 0) is 12.3 Å². The van der Waals surface area contributed by atoms with E-state index in [0.29, 0.717) is 0 Å². The highest BCUT2D eigenvalue weighted by molar-refractivity contribution is 5.71. The molecule has 0 saturated heterocycles. The van der Waals surface area contributed by atoms with Crippen molar-refractivity contribution in [2.24, 2.45) is 11.8 Å². The van der Waals surface area contributed by atoms with Crippen LogP contribution < -0.4 is 0 Å². The average Bonchev–Trinajstić information content (AvgIpc) is 2.49. The van der Waals surface area contributed by atoms with E-state index in [-0.39, 0.29) is 25.1 Å². The first-order chi connectivity index (χ1) is 10.5. The molecule has 0 aromatic heterocycles. The minimum atomic E-state index is -0.966. The van der Waals surface area contributed by atoms with Gasteiger partial charge in [0.05, 0.1) is 12.5 Å². The van der Waals surface area contributed by atoms with E-state index in [1.807, 2.05) is 6.92 Å². The lowest BCUT2D eigenvalue weighted by Gasteiger charge is -2.13. The Labute approximate surface area is 136 Å². The van der Waals surface area contributed by atoms with Crippen LogP contribution in [-0.2, 0) is 9.53 Å². The van der Waals surface area contributed by atoms with Crippen LogP contribution in [-0.4, -0.2) is 35.5 Å². The topological polar surface area (TPSA) is 66.8 Å².